The fourth-order valence-electron chi connectivity index (χ4n) is 5.94. The minimum absolute atomic E-state index is 0. The number of aromatic nitrogens is 1. The summed E-state index contributed by atoms with van der Waals surface area (Å²) in [6, 6.07) is 29.2. The third-order valence-electron chi connectivity index (χ3n) is 7.35. The second kappa shape index (κ2) is 9.47. The van der Waals surface area contributed by atoms with Crippen LogP contribution in [0.2, 0.25) is 0 Å². The number of hydrogen-bond donors (Lipinski definition) is 0. The third kappa shape index (κ3) is 3.71. The second-order valence-electron chi connectivity index (χ2n) is 9.06. The largest absolute Gasteiger partial charge is 1.00 e. The number of hydrogen-bond acceptors (Lipinski definition) is 1. The molecule has 5 aromatic rings. The van der Waals surface area contributed by atoms with E-state index in [0.29, 0.717) is 0 Å². The molecule has 6 heteroatoms. The molecule has 2 aliphatic rings. The summed E-state index contributed by atoms with van der Waals surface area (Å²) >= 11 is 1.12. The van der Waals surface area contributed by atoms with Gasteiger partial charge in [0.15, 0.2) is 0 Å². The summed E-state index contributed by atoms with van der Waals surface area (Å²) in [5.74, 6) is 0. The van der Waals surface area contributed by atoms with Gasteiger partial charge in [0.05, 0.1) is 0 Å². The number of aryl methyl sites for hydroxylation is 1. The fraction of sp³-hybridized carbons (Fsp3) is 0.103. The van der Waals surface area contributed by atoms with E-state index in [9.17, 15) is 0 Å². The zero-order valence-electron chi connectivity index (χ0n) is 18.9. The molecule has 1 nitrogen and oxygen atoms in total. The maximum Gasteiger partial charge on any atom is -1.00 e. The van der Waals surface area contributed by atoms with Crippen LogP contribution in [0, 0.1) is 0 Å². The minimum atomic E-state index is -2.52. The Kier molecular flexibility index (Phi) is 6.83. The van der Waals surface area contributed by atoms with Gasteiger partial charge in [-0.3, -0.25) is 0 Å². The minimum Gasteiger partial charge on any atom is -1.00 e. The predicted octanol–water partition coefficient (Wildman–Crippen LogP) is 0.773. The van der Waals surface area contributed by atoms with Crippen molar-refractivity contribution in [3.8, 4) is 22.4 Å². The topological polar surface area (TPSA) is 4.93 Å². The maximum absolute atomic E-state index is 6.49. The Balaban J connectivity index is 0.00000127. The standard InChI is InChI=1S/C16H11BrN.C13H9.2ClH.S.Zr/c1-18-15-5-3-2-4-13(15)14-9-10-8-11(17)6-7-12(10)16(14)18;1-3-7-12-10(5-1)9-11-6-2-4-8-13(11)12;;;;/h2-4,6-8H,9H2,1H3;1-5,7-8H,9H2;2*1H;;/q;;;;;+2/p-2. The Hall–Kier alpha value is -1.42. The van der Waals surface area contributed by atoms with Crippen molar-refractivity contribution in [3.05, 3.63) is 106 Å². The van der Waals surface area contributed by atoms with Crippen LogP contribution in [0.25, 0.3) is 33.3 Å². The van der Waals surface area contributed by atoms with Crippen molar-refractivity contribution in [3.63, 3.8) is 0 Å². The predicted molar refractivity (Wildman–Crippen MR) is 140 cm³/mol. The summed E-state index contributed by atoms with van der Waals surface area (Å²) in [7, 11) is 8.72. The average Bonchev–Trinajstić information content (AvgIpc) is 3.48. The van der Waals surface area contributed by atoms with Crippen molar-refractivity contribution in [1.82, 2.24) is 4.57 Å². The van der Waals surface area contributed by atoms with E-state index in [-0.39, 0.29) is 24.8 Å². The molecule has 0 fully saturated rings. The zero-order valence-corrected chi connectivity index (χ0v) is 25.3. The van der Waals surface area contributed by atoms with Gasteiger partial charge in [0, 0.05) is 0 Å². The van der Waals surface area contributed by atoms with E-state index in [1.807, 2.05) is 0 Å². The Labute approximate surface area is 237 Å². The van der Waals surface area contributed by atoms with E-state index in [4.69, 9.17) is 8.86 Å². The van der Waals surface area contributed by atoms with Crippen LogP contribution in [0.15, 0.2) is 83.3 Å². The Morgan fingerprint density at radius 3 is 2.31 bits per heavy atom. The Morgan fingerprint density at radius 2 is 1.46 bits per heavy atom. The Morgan fingerprint density at radius 1 is 0.743 bits per heavy atom. The molecule has 0 unspecified atom stereocenters. The SMILES string of the molecule is Cn1c2c(c3ccc[c]([Zr+2](=[S])[c]4cccc5c4Cc4ccccc4-5)c31)Cc1cc(Br)ccc1-2.[Cl-].[Cl-]. The van der Waals surface area contributed by atoms with Gasteiger partial charge in [0.25, 0.3) is 0 Å². The first-order chi connectivity index (χ1) is 16.1. The van der Waals surface area contributed by atoms with Gasteiger partial charge in [-0.05, 0) is 0 Å². The van der Waals surface area contributed by atoms with Crippen LogP contribution in [0.4, 0.5) is 0 Å². The molecule has 1 heterocycles. The number of fused-ring (bicyclic) bond motifs is 8. The molecule has 7 rings (SSSR count). The molecule has 0 aliphatic heterocycles. The van der Waals surface area contributed by atoms with Gasteiger partial charge in [-0.1, -0.05) is 0 Å². The molecule has 0 N–H and O–H groups in total. The molecule has 4 aromatic carbocycles. The van der Waals surface area contributed by atoms with Crippen molar-refractivity contribution in [1.29, 1.82) is 0 Å². The van der Waals surface area contributed by atoms with E-state index >= 15 is 0 Å². The monoisotopic (exact) mass is 653 g/mol. The van der Waals surface area contributed by atoms with E-state index in [0.717, 1.165) is 17.3 Å². The van der Waals surface area contributed by atoms with Gasteiger partial charge in [-0.2, -0.15) is 0 Å². The van der Waals surface area contributed by atoms with Crippen molar-refractivity contribution in [2.75, 3.05) is 0 Å². The van der Waals surface area contributed by atoms with Gasteiger partial charge in [0.2, 0.25) is 0 Å². The van der Waals surface area contributed by atoms with Crippen molar-refractivity contribution in [2.45, 2.75) is 12.8 Å². The van der Waals surface area contributed by atoms with Gasteiger partial charge in [-0.15, -0.1) is 0 Å². The summed E-state index contributed by atoms with van der Waals surface area (Å²) in [6.45, 7) is 0. The molecule has 172 valence electrons. The summed E-state index contributed by atoms with van der Waals surface area (Å²) in [4.78, 5) is 0. The average molecular weight is 657 g/mol. The van der Waals surface area contributed by atoms with E-state index in [1.165, 1.54) is 62.1 Å². The summed E-state index contributed by atoms with van der Waals surface area (Å²) in [5, 5.41) is 1.39. The van der Waals surface area contributed by atoms with Crippen LogP contribution in [-0.2, 0) is 39.6 Å². The molecular formula is C29H20BrCl2NSZr. The Bertz CT molecular complexity index is 1670. The van der Waals surface area contributed by atoms with Crippen LogP contribution in [0.5, 0.6) is 0 Å². The van der Waals surface area contributed by atoms with Crippen molar-refractivity contribution < 1.29 is 44.5 Å². The number of nitrogens with zero attached hydrogens (tertiary/aromatic N) is 1. The van der Waals surface area contributed by atoms with E-state index in [1.54, 1.807) is 0 Å². The third-order valence-corrected chi connectivity index (χ3v) is 15.0. The van der Waals surface area contributed by atoms with Crippen LogP contribution in [0.1, 0.15) is 22.3 Å². The molecule has 0 amide bonds. The second-order valence-corrected chi connectivity index (χ2v) is 16.7. The number of halogens is 3. The van der Waals surface area contributed by atoms with Gasteiger partial charge >= 0.3 is 214 Å². The normalized spacial score (nSPS) is 12.0. The number of para-hydroxylation sites is 1. The number of rotatable bonds is 2. The van der Waals surface area contributed by atoms with Crippen molar-refractivity contribution >= 4 is 42.2 Å². The molecule has 1 aromatic heterocycles. The molecule has 2 aliphatic carbocycles. The molecular weight excluding hydrogens is 636 g/mol. The fourth-order valence-corrected chi connectivity index (χ4v) is 12.9. The van der Waals surface area contributed by atoms with Crippen LogP contribution < -0.4 is 31.4 Å². The van der Waals surface area contributed by atoms with Crippen molar-refractivity contribution in [2.24, 2.45) is 7.05 Å². The van der Waals surface area contributed by atoms with Gasteiger partial charge < -0.3 is 24.8 Å². The van der Waals surface area contributed by atoms with Gasteiger partial charge in [0.1, 0.15) is 0 Å². The molecule has 0 bridgehead atoms. The van der Waals surface area contributed by atoms with E-state index < -0.39 is 19.7 Å². The first-order valence-corrected chi connectivity index (χ1v) is 17.9. The zero-order chi connectivity index (χ0) is 22.3. The van der Waals surface area contributed by atoms with Crippen LogP contribution in [-0.4, -0.2) is 4.57 Å². The van der Waals surface area contributed by atoms with Crippen LogP contribution in [0.3, 0.4) is 0 Å². The molecule has 0 radical (unpaired) electrons. The molecule has 35 heavy (non-hydrogen) atoms. The molecule has 0 saturated carbocycles. The summed E-state index contributed by atoms with van der Waals surface area (Å²) in [6.07, 6.45) is 2.02. The maximum atomic E-state index is 6.49. The first-order valence-electron chi connectivity index (χ1n) is 11.3. The summed E-state index contributed by atoms with van der Waals surface area (Å²) < 4.78 is 6.49. The first kappa shape index (κ1) is 25.2. The quantitative estimate of drug-likeness (QED) is 0.267. The molecule has 0 saturated heterocycles. The van der Waals surface area contributed by atoms with Crippen LogP contribution >= 0.6 is 24.8 Å². The molecule has 0 atom stereocenters. The van der Waals surface area contributed by atoms with E-state index in [2.05, 4.69) is 106 Å². The smallest absolute Gasteiger partial charge is 1.00 e. The number of benzene rings is 4. The summed E-state index contributed by atoms with van der Waals surface area (Å²) in [5.41, 5.74) is 12.7. The molecule has 0 spiro atoms. The van der Waals surface area contributed by atoms with Gasteiger partial charge in [-0.25, -0.2) is 0 Å².